The highest BCUT2D eigenvalue weighted by molar-refractivity contribution is 5.83. The van der Waals surface area contributed by atoms with Crippen LogP contribution in [0.3, 0.4) is 0 Å². The van der Waals surface area contributed by atoms with Gasteiger partial charge in [-0.3, -0.25) is 4.79 Å². The van der Waals surface area contributed by atoms with Crippen molar-refractivity contribution in [2.24, 2.45) is 5.41 Å². The van der Waals surface area contributed by atoms with Gasteiger partial charge in [0.05, 0.1) is 0 Å². The molecule has 2 heterocycles. The second kappa shape index (κ2) is 7.35. The molecule has 1 spiro atoms. The molecule has 1 atom stereocenters. The molecule has 5 rings (SSSR count). The zero-order chi connectivity index (χ0) is 19.8. The molecule has 1 saturated heterocycles. The summed E-state index contributed by atoms with van der Waals surface area (Å²) in [5.41, 5.74) is 0.569. The number of aromatic nitrogens is 2. The van der Waals surface area contributed by atoms with Gasteiger partial charge in [0.15, 0.2) is 0 Å². The fraction of sp³-hybridized carbons (Fsp3) is 0.591. The SMILES string of the molecule is C[C@@H](Nc1nnc([C@H]2C[C@@H](Oc3ccccc3)C2)o1)C(=O)N1CCC2(CC1)CC2. The second-order valence-corrected chi connectivity index (χ2v) is 8.86. The number of carbonyl (C=O) groups excluding carboxylic acids is 1. The van der Waals surface area contributed by atoms with Gasteiger partial charge < -0.3 is 19.4 Å². The lowest BCUT2D eigenvalue weighted by Gasteiger charge is -2.33. The molecule has 1 aliphatic heterocycles. The molecule has 7 heteroatoms. The first-order valence-electron chi connectivity index (χ1n) is 10.7. The van der Waals surface area contributed by atoms with E-state index in [0.29, 0.717) is 17.3 Å². The maximum Gasteiger partial charge on any atom is 0.316 e. The van der Waals surface area contributed by atoms with E-state index in [9.17, 15) is 4.79 Å². The summed E-state index contributed by atoms with van der Waals surface area (Å²) in [7, 11) is 0. The number of anilines is 1. The first kappa shape index (κ1) is 18.5. The summed E-state index contributed by atoms with van der Waals surface area (Å²) >= 11 is 0. The third-order valence-electron chi connectivity index (χ3n) is 6.73. The van der Waals surface area contributed by atoms with Crippen molar-refractivity contribution in [3.63, 3.8) is 0 Å². The summed E-state index contributed by atoms with van der Waals surface area (Å²) in [6.07, 6.45) is 6.87. The Kier molecular flexibility index (Phi) is 4.68. The van der Waals surface area contributed by atoms with Crippen LogP contribution >= 0.6 is 0 Å². The van der Waals surface area contributed by atoms with E-state index < -0.39 is 0 Å². The number of carbonyl (C=O) groups is 1. The molecule has 3 fully saturated rings. The largest absolute Gasteiger partial charge is 0.490 e. The van der Waals surface area contributed by atoms with Gasteiger partial charge in [0.2, 0.25) is 11.8 Å². The van der Waals surface area contributed by atoms with Gasteiger partial charge in [0, 0.05) is 19.0 Å². The van der Waals surface area contributed by atoms with Crippen LogP contribution < -0.4 is 10.1 Å². The number of ether oxygens (including phenoxy) is 1. The first-order chi connectivity index (χ1) is 14.1. The smallest absolute Gasteiger partial charge is 0.316 e. The van der Waals surface area contributed by atoms with Gasteiger partial charge in [-0.05, 0) is 63.0 Å². The van der Waals surface area contributed by atoms with Crippen molar-refractivity contribution in [3.8, 4) is 5.75 Å². The van der Waals surface area contributed by atoms with Gasteiger partial charge in [0.25, 0.3) is 0 Å². The van der Waals surface area contributed by atoms with E-state index in [1.54, 1.807) is 0 Å². The van der Waals surface area contributed by atoms with Crippen molar-refractivity contribution < 1.29 is 13.9 Å². The Morgan fingerprint density at radius 1 is 1.17 bits per heavy atom. The van der Waals surface area contributed by atoms with E-state index in [2.05, 4.69) is 15.5 Å². The fourth-order valence-electron chi connectivity index (χ4n) is 4.41. The molecule has 2 aliphatic carbocycles. The number of nitrogens with one attached hydrogen (secondary N) is 1. The number of para-hydroxylation sites is 1. The molecule has 2 aromatic rings. The zero-order valence-corrected chi connectivity index (χ0v) is 16.8. The van der Waals surface area contributed by atoms with Crippen molar-refractivity contribution in [2.45, 2.75) is 63.5 Å². The van der Waals surface area contributed by atoms with Gasteiger partial charge in [-0.2, -0.15) is 0 Å². The molecule has 3 aliphatic rings. The summed E-state index contributed by atoms with van der Waals surface area (Å²) in [6, 6.07) is 9.80. The van der Waals surface area contributed by atoms with E-state index in [4.69, 9.17) is 9.15 Å². The molecule has 1 aromatic heterocycles. The number of hydrogen-bond acceptors (Lipinski definition) is 6. The standard InChI is InChI=1S/C22H28N4O3/c1-15(20(27)26-11-9-22(7-8-22)10-12-26)23-21-25-24-19(29-21)16-13-18(14-16)28-17-5-3-2-4-6-17/h2-6,15-16,18H,7-14H2,1H3,(H,23,25)/t15-,16-,18+/m1/s1. The minimum absolute atomic E-state index is 0.111. The molecule has 2 saturated carbocycles. The van der Waals surface area contributed by atoms with Crippen LogP contribution in [0.5, 0.6) is 5.75 Å². The first-order valence-corrected chi connectivity index (χ1v) is 10.7. The Morgan fingerprint density at radius 2 is 1.90 bits per heavy atom. The lowest BCUT2D eigenvalue weighted by atomic mass is 9.82. The van der Waals surface area contributed by atoms with Crippen LogP contribution in [0.2, 0.25) is 0 Å². The molecular weight excluding hydrogens is 368 g/mol. The minimum Gasteiger partial charge on any atom is -0.490 e. The number of piperidine rings is 1. The molecule has 1 amide bonds. The average molecular weight is 396 g/mol. The quantitative estimate of drug-likeness (QED) is 0.804. The van der Waals surface area contributed by atoms with Crippen LogP contribution in [-0.2, 0) is 4.79 Å². The highest BCUT2D eigenvalue weighted by atomic mass is 16.5. The lowest BCUT2D eigenvalue weighted by molar-refractivity contribution is -0.133. The van der Waals surface area contributed by atoms with E-state index in [-0.39, 0.29) is 24.0 Å². The molecule has 0 radical (unpaired) electrons. The molecule has 7 nitrogen and oxygen atoms in total. The highest BCUT2D eigenvalue weighted by Gasteiger charge is 2.45. The van der Waals surface area contributed by atoms with Crippen LogP contribution in [0, 0.1) is 5.41 Å². The van der Waals surface area contributed by atoms with Crippen molar-refractivity contribution in [1.29, 1.82) is 0 Å². The third-order valence-corrected chi connectivity index (χ3v) is 6.73. The molecule has 1 N–H and O–H groups in total. The molecule has 0 unspecified atom stereocenters. The summed E-state index contributed by atoms with van der Waals surface area (Å²) < 4.78 is 11.7. The lowest BCUT2D eigenvalue weighted by Crippen LogP contribution is -2.45. The van der Waals surface area contributed by atoms with E-state index in [1.165, 1.54) is 12.8 Å². The predicted octanol–water partition coefficient (Wildman–Crippen LogP) is 3.60. The van der Waals surface area contributed by atoms with Crippen molar-refractivity contribution in [2.75, 3.05) is 18.4 Å². The van der Waals surface area contributed by atoms with Crippen LogP contribution in [-0.4, -0.2) is 46.2 Å². The Balaban J connectivity index is 1.10. The number of hydrogen-bond donors (Lipinski definition) is 1. The van der Waals surface area contributed by atoms with Gasteiger partial charge in [-0.1, -0.05) is 23.3 Å². The van der Waals surface area contributed by atoms with Crippen LogP contribution in [0.4, 0.5) is 6.01 Å². The summed E-state index contributed by atoms with van der Waals surface area (Å²) in [4.78, 5) is 14.7. The molecule has 154 valence electrons. The zero-order valence-electron chi connectivity index (χ0n) is 16.8. The number of benzene rings is 1. The van der Waals surface area contributed by atoms with Crippen LogP contribution in [0.25, 0.3) is 0 Å². The topological polar surface area (TPSA) is 80.5 Å². The molecule has 0 bridgehead atoms. The van der Waals surface area contributed by atoms with E-state index in [1.807, 2.05) is 42.2 Å². The fourth-order valence-corrected chi connectivity index (χ4v) is 4.41. The van der Waals surface area contributed by atoms with Crippen molar-refractivity contribution >= 4 is 11.9 Å². The average Bonchev–Trinajstić information content (AvgIpc) is 3.31. The normalized spacial score (nSPS) is 25.9. The maximum absolute atomic E-state index is 12.7. The van der Waals surface area contributed by atoms with E-state index in [0.717, 1.165) is 44.5 Å². The number of amides is 1. The highest BCUT2D eigenvalue weighted by Crippen LogP contribution is 2.53. The Hall–Kier alpha value is -2.57. The summed E-state index contributed by atoms with van der Waals surface area (Å²) in [5, 5.41) is 11.3. The third kappa shape index (κ3) is 3.95. The Labute approximate surface area is 170 Å². The Bertz CT molecular complexity index is 848. The van der Waals surface area contributed by atoms with Crippen LogP contribution in [0.1, 0.15) is 57.3 Å². The number of nitrogens with zero attached hydrogens (tertiary/aromatic N) is 3. The predicted molar refractivity (Wildman–Crippen MR) is 108 cm³/mol. The van der Waals surface area contributed by atoms with Crippen LogP contribution in [0.15, 0.2) is 34.7 Å². The van der Waals surface area contributed by atoms with Crippen molar-refractivity contribution in [1.82, 2.24) is 15.1 Å². The van der Waals surface area contributed by atoms with Crippen molar-refractivity contribution in [3.05, 3.63) is 36.2 Å². The monoisotopic (exact) mass is 396 g/mol. The maximum atomic E-state index is 12.7. The second-order valence-electron chi connectivity index (χ2n) is 8.86. The summed E-state index contributed by atoms with van der Waals surface area (Å²) in [5.74, 6) is 1.84. The van der Waals surface area contributed by atoms with Gasteiger partial charge in [0.1, 0.15) is 17.9 Å². The van der Waals surface area contributed by atoms with Gasteiger partial charge in [-0.25, -0.2) is 0 Å². The minimum atomic E-state index is -0.368. The molecule has 1 aromatic carbocycles. The van der Waals surface area contributed by atoms with Gasteiger partial charge >= 0.3 is 6.01 Å². The number of rotatable bonds is 6. The summed E-state index contributed by atoms with van der Waals surface area (Å²) in [6.45, 7) is 3.59. The molecule has 29 heavy (non-hydrogen) atoms. The van der Waals surface area contributed by atoms with E-state index >= 15 is 0 Å². The Morgan fingerprint density at radius 3 is 2.59 bits per heavy atom. The number of likely N-dealkylation sites (tertiary alicyclic amines) is 1. The molecular formula is C22H28N4O3. The van der Waals surface area contributed by atoms with Gasteiger partial charge in [-0.15, -0.1) is 5.10 Å².